The number of piperazine rings is 1. The van der Waals surface area contributed by atoms with Gasteiger partial charge in [-0.25, -0.2) is 0 Å². The molecule has 6 nitrogen and oxygen atoms in total. The minimum absolute atomic E-state index is 0.0604. The van der Waals surface area contributed by atoms with Crippen molar-refractivity contribution in [3.05, 3.63) is 34.3 Å². The van der Waals surface area contributed by atoms with Gasteiger partial charge in [-0.2, -0.15) is 5.10 Å². The third-order valence-corrected chi connectivity index (χ3v) is 5.54. The third kappa shape index (κ3) is 2.67. The van der Waals surface area contributed by atoms with Gasteiger partial charge in [0, 0.05) is 43.4 Å². The van der Waals surface area contributed by atoms with E-state index >= 15 is 0 Å². The van der Waals surface area contributed by atoms with Crippen LogP contribution in [-0.4, -0.2) is 47.2 Å². The van der Waals surface area contributed by atoms with Crippen molar-refractivity contribution in [2.45, 2.75) is 25.2 Å². The van der Waals surface area contributed by atoms with Crippen LogP contribution < -0.4 is 4.90 Å². The molecule has 1 N–H and O–H groups in total. The molecule has 1 amide bonds. The fraction of sp³-hybridized carbons (Fsp3) is 0.500. The lowest BCUT2D eigenvalue weighted by Crippen LogP contribution is -2.49. The third-order valence-electron chi connectivity index (χ3n) is 4.92. The van der Waals surface area contributed by atoms with Crippen LogP contribution in [0.25, 0.3) is 0 Å². The molecule has 4 rings (SSSR count). The van der Waals surface area contributed by atoms with Gasteiger partial charge in [0.2, 0.25) is 5.76 Å². The van der Waals surface area contributed by atoms with Crippen LogP contribution in [0.2, 0.25) is 0 Å². The van der Waals surface area contributed by atoms with E-state index in [1.54, 1.807) is 6.07 Å². The molecule has 2 aromatic rings. The number of halogens is 1. The molecule has 0 bridgehead atoms. The predicted molar refractivity (Wildman–Crippen MR) is 89.7 cm³/mol. The lowest BCUT2D eigenvalue weighted by Gasteiger charge is -2.34. The molecule has 23 heavy (non-hydrogen) atoms. The van der Waals surface area contributed by atoms with Gasteiger partial charge in [0.15, 0.2) is 5.82 Å². The highest BCUT2D eigenvalue weighted by molar-refractivity contribution is 9.10. The number of hydrogen-bond donors (Lipinski definition) is 1. The number of aromatic amines is 1. The number of carbonyl (C=O) groups is 1. The van der Waals surface area contributed by atoms with Gasteiger partial charge in [-0.1, -0.05) is 6.92 Å². The second-order valence-electron chi connectivity index (χ2n) is 6.58. The zero-order chi connectivity index (χ0) is 16.0. The van der Waals surface area contributed by atoms with E-state index in [1.165, 1.54) is 24.8 Å². The van der Waals surface area contributed by atoms with Crippen LogP contribution in [-0.2, 0) is 5.41 Å². The summed E-state index contributed by atoms with van der Waals surface area (Å²) in [5, 5.41) is 7.63. The Hall–Kier alpha value is -1.76. The van der Waals surface area contributed by atoms with Gasteiger partial charge in [-0.15, -0.1) is 0 Å². The Labute approximate surface area is 143 Å². The van der Waals surface area contributed by atoms with E-state index in [2.05, 4.69) is 44.0 Å². The minimum atomic E-state index is -0.0604. The van der Waals surface area contributed by atoms with Gasteiger partial charge in [0.05, 0.1) is 10.7 Å². The highest BCUT2D eigenvalue weighted by atomic mass is 79.9. The summed E-state index contributed by atoms with van der Waals surface area (Å²) in [4.78, 5) is 16.5. The summed E-state index contributed by atoms with van der Waals surface area (Å²) in [5.41, 5.74) is 1.53. The van der Waals surface area contributed by atoms with Gasteiger partial charge in [0.25, 0.3) is 5.91 Å². The average molecular weight is 379 g/mol. The zero-order valence-corrected chi connectivity index (χ0v) is 14.6. The van der Waals surface area contributed by atoms with Crippen LogP contribution in [0.3, 0.4) is 0 Å². The predicted octanol–water partition coefficient (Wildman–Crippen LogP) is 2.78. The minimum Gasteiger partial charge on any atom is -0.458 e. The van der Waals surface area contributed by atoms with Gasteiger partial charge in [-0.3, -0.25) is 9.89 Å². The second kappa shape index (κ2) is 5.40. The van der Waals surface area contributed by atoms with Crippen molar-refractivity contribution >= 4 is 27.7 Å². The first-order valence-corrected chi connectivity index (χ1v) is 8.69. The molecular formula is C16H19BrN4O2. The monoisotopic (exact) mass is 378 g/mol. The van der Waals surface area contributed by atoms with Crippen molar-refractivity contribution < 1.29 is 9.21 Å². The fourth-order valence-corrected chi connectivity index (χ4v) is 3.34. The average Bonchev–Trinajstić information content (AvgIpc) is 2.99. The molecule has 1 saturated carbocycles. The SMILES string of the molecule is CC1(c2cc(N3CCN(C(=O)c4occc4Br)CC3)n[nH]2)CC1. The number of rotatable bonds is 3. The van der Waals surface area contributed by atoms with Crippen molar-refractivity contribution in [1.82, 2.24) is 15.1 Å². The molecule has 2 fully saturated rings. The van der Waals surface area contributed by atoms with E-state index < -0.39 is 0 Å². The van der Waals surface area contributed by atoms with Crippen molar-refractivity contribution in [1.29, 1.82) is 0 Å². The Morgan fingerprint density at radius 2 is 2.09 bits per heavy atom. The first-order chi connectivity index (χ1) is 11.1. The molecule has 0 unspecified atom stereocenters. The first-order valence-electron chi connectivity index (χ1n) is 7.90. The number of aromatic nitrogens is 2. The Morgan fingerprint density at radius 1 is 1.35 bits per heavy atom. The first kappa shape index (κ1) is 14.8. The van der Waals surface area contributed by atoms with E-state index in [9.17, 15) is 4.79 Å². The molecule has 122 valence electrons. The zero-order valence-electron chi connectivity index (χ0n) is 13.0. The summed E-state index contributed by atoms with van der Waals surface area (Å²) in [5.74, 6) is 1.30. The van der Waals surface area contributed by atoms with Crippen LogP contribution in [0, 0.1) is 0 Å². The standard InChI is InChI=1S/C16H19BrN4O2/c1-16(3-4-16)12-10-13(19-18-12)20-5-7-21(8-6-20)15(22)14-11(17)2-9-23-14/h2,9-10H,3-8H2,1H3,(H,18,19). The molecular weight excluding hydrogens is 360 g/mol. The van der Waals surface area contributed by atoms with Gasteiger partial charge in [-0.05, 0) is 34.8 Å². The maximum Gasteiger partial charge on any atom is 0.290 e. The van der Waals surface area contributed by atoms with E-state index in [4.69, 9.17) is 4.42 Å². The molecule has 1 aliphatic carbocycles. The molecule has 0 radical (unpaired) electrons. The molecule has 0 aromatic carbocycles. The van der Waals surface area contributed by atoms with Crippen molar-refractivity contribution in [3.8, 4) is 0 Å². The van der Waals surface area contributed by atoms with Gasteiger partial charge in [0.1, 0.15) is 0 Å². The molecule has 1 aliphatic heterocycles. The van der Waals surface area contributed by atoms with Crippen molar-refractivity contribution in [2.24, 2.45) is 0 Å². The molecule has 1 saturated heterocycles. The number of hydrogen-bond acceptors (Lipinski definition) is 4. The number of nitrogens with zero attached hydrogens (tertiary/aromatic N) is 3. The summed E-state index contributed by atoms with van der Waals surface area (Å²) in [6.07, 6.45) is 3.99. The summed E-state index contributed by atoms with van der Waals surface area (Å²) >= 11 is 3.34. The molecule has 2 aromatic heterocycles. The van der Waals surface area contributed by atoms with Gasteiger partial charge < -0.3 is 14.2 Å². The number of nitrogens with one attached hydrogen (secondary N) is 1. The van der Waals surface area contributed by atoms with Crippen LogP contribution in [0.4, 0.5) is 5.82 Å². The summed E-state index contributed by atoms with van der Waals surface area (Å²) in [6, 6.07) is 3.90. The number of amides is 1. The van der Waals surface area contributed by atoms with E-state index in [1.807, 2.05) is 4.90 Å². The lowest BCUT2D eigenvalue weighted by molar-refractivity contribution is 0.0713. The molecule has 3 heterocycles. The highest BCUT2D eigenvalue weighted by Crippen LogP contribution is 2.47. The van der Waals surface area contributed by atoms with E-state index in [-0.39, 0.29) is 5.91 Å². The molecule has 2 aliphatic rings. The second-order valence-corrected chi connectivity index (χ2v) is 7.43. The Bertz CT molecular complexity index is 726. The number of H-pyrrole nitrogens is 1. The smallest absolute Gasteiger partial charge is 0.290 e. The summed E-state index contributed by atoms with van der Waals surface area (Å²) in [6.45, 7) is 5.18. The topological polar surface area (TPSA) is 65.4 Å². The largest absolute Gasteiger partial charge is 0.458 e. The van der Waals surface area contributed by atoms with Crippen LogP contribution >= 0.6 is 15.9 Å². The molecule has 0 atom stereocenters. The van der Waals surface area contributed by atoms with E-state index in [0.717, 1.165) is 18.9 Å². The van der Waals surface area contributed by atoms with Crippen LogP contribution in [0.15, 0.2) is 27.3 Å². The fourth-order valence-electron chi connectivity index (χ4n) is 2.97. The number of furan rings is 1. The normalized spacial score (nSPS) is 19.9. The Morgan fingerprint density at radius 3 is 2.70 bits per heavy atom. The maximum absolute atomic E-state index is 12.4. The van der Waals surface area contributed by atoms with Crippen LogP contribution in [0.5, 0.6) is 0 Å². The van der Waals surface area contributed by atoms with Crippen molar-refractivity contribution in [3.63, 3.8) is 0 Å². The number of carbonyl (C=O) groups excluding carboxylic acids is 1. The summed E-state index contributed by atoms with van der Waals surface area (Å²) in [7, 11) is 0. The van der Waals surface area contributed by atoms with Crippen LogP contribution in [0.1, 0.15) is 36.0 Å². The Balaban J connectivity index is 1.40. The molecule has 7 heteroatoms. The maximum atomic E-state index is 12.4. The highest BCUT2D eigenvalue weighted by Gasteiger charge is 2.41. The van der Waals surface area contributed by atoms with Gasteiger partial charge >= 0.3 is 0 Å². The van der Waals surface area contributed by atoms with Crippen molar-refractivity contribution in [2.75, 3.05) is 31.1 Å². The van der Waals surface area contributed by atoms with E-state index in [0.29, 0.717) is 28.7 Å². The number of anilines is 1. The lowest BCUT2D eigenvalue weighted by atomic mass is 10.1. The quantitative estimate of drug-likeness (QED) is 0.891. The summed E-state index contributed by atoms with van der Waals surface area (Å²) < 4.78 is 5.98. The Kier molecular flexibility index (Phi) is 3.48. The molecule has 0 spiro atoms.